The highest BCUT2D eigenvalue weighted by Gasteiger charge is 2.30. The van der Waals surface area contributed by atoms with E-state index in [9.17, 15) is 13.2 Å². The van der Waals surface area contributed by atoms with Crippen LogP contribution >= 0.6 is 0 Å². The number of hydrogen-bond donors (Lipinski definition) is 1. The molecule has 0 saturated heterocycles. The number of alkyl halides is 3. The number of rotatable bonds is 7. The van der Waals surface area contributed by atoms with Crippen LogP contribution in [0.5, 0.6) is 5.75 Å². The first-order chi connectivity index (χ1) is 9.01. The largest absolute Gasteiger partial charge is 0.573 e. The minimum atomic E-state index is -4.65. The summed E-state index contributed by atoms with van der Waals surface area (Å²) in [4.78, 5) is 0. The van der Waals surface area contributed by atoms with Gasteiger partial charge in [0.1, 0.15) is 5.75 Å². The Morgan fingerprint density at radius 1 is 1.26 bits per heavy atom. The van der Waals surface area contributed by atoms with E-state index in [1.54, 1.807) is 12.1 Å². The molecule has 0 aliphatic rings. The van der Waals surface area contributed by atoms with Crippen LogP contribution < -0.4 is 10.1 Å². The van der Waals surface area contributed by atoms with Gasteiger partial charge in [-0.25, -0.2) is 0 Å². The molecule has 0 fully saturated rings. The predicted molar refractivity (Wildman–Crippen MR) is 69.9 cm³/mol. The van der Waals surface area contributed by atoms with Crippen molar-refractivity contribution >= 4 is 6.08 Å². The molecule has 0 bridgehead atoms. The van der Waals surface area contributed by atoms with Gasteiger partial charge in [-0.05, 0) is 43.6 Å². The average molecular weight is 273 g/mol. The second-order valence-corrected chi connectivity index (χ2v) is 4.06. The van der Waals surface area contributed by atoms with Gasteiger partial charge in [-0.1, -0.05) is 31.2 Å². The number of hydrogen-bond acceptors (Lipinski definition) is 2. The third kappa shape index (κ3) is 7.51. The molecule has 106 valence electrons. The summed E-state index contributed by atoms with van der Waals surface area (Å²) >= 11 is 0. The molecule has 1 N–H and O–H groups in total. The van der Waals surface area contributed by atoms with Crippen molar-refractivity contribution in [1.29, 1.82) is 0 Å². The molecular weight excluding hydrogens is 255 g/mol. The third-order valence-electron chi connectivity index (χ3n) is 2.32. The van der Waals surface area contributed by atoms with Crippen LogP contribution in [0.2, 0.25) is 0 Å². The quantitative estimate of drug-likeness (QED) is 0.758. The Labute approximate surface area is 111 Å². The zero-order valence-electron chi connectivity index (χ0n) is 10.8. The predicted octanol–water partition coefficient (Wildman–Crippen LogP) is 3.99. The first-order valence-electron chi connectivity index (χ1n) is 6.24. The highest BCUT2D eigenvalue weighted by Crippen LogP contribution is 2.23. The van der Waals surface area contributed by atoms with Crippen molar-refractivity contribution in [3.63, 3.8) is 0 Å². The molecule has 0 amide bonds. The van der Waals surface area contributed by atoms with Crippen LogP contribution in [0.25, 0.3) is 6.08 Å². The van der Waals surface area contributed by atoms with Gasteiger partial charge in [0.05, 0.1) is 0 Å². The van der Waals surface area contributed by atoms with Crippen LogP contribution in [0.3, 0.4) is 0 Å². The van der Waals surface area contributed by atoms with E-state index < -0.39 is 6.36 Å². The average Bonchev–Trinajstić information content (AvgIpc) is 2.32. The first kappa shape index (κ1) is 15.6. The Morgan fingerprint density at radius 3 is 2.74 bits per heavy atom. The summed E-state index contributed by atoms with van der Waals surface area (Å²) in [5.41, 5.74) is 0.692. The number of halogens is 3. The van der Waals surface area contributed by atoms with Crippen LogP contribution in [0.4, 0.5) is 13.2 Å². The molecule has 1 aromatic carbocycles. The van der Waals surface area contributed by atoms with Gasteiger partial charge >= 0.3 is 6.36 Å². The van der Waals surface area contributed by atoms with Gasteiger partial charge in [-0.2, -0.15) is 0 Å². The van der Waals surface area contributed by atoms with E-state index in [0.717, 1.165) is 25.9 Å². The highest BCUT2D eigenvalue weighted by molar-refractivity contribution is 5.51. The molecule has 0 aliphatic heterocycles. The SMILES string of the molecule is CCCNCCC=Cc1cccc(OC(F)(F)F)c1. The molecule has 0 spiro atoms. The molecule has 0 aromatic heterocycles. The van der Waals surface area contributed by atoms with E-state index >= 15 is 0 Å². The molecule has 1 aromatic rings. The van der Waals surface area contributed by atoms with E-state index in [4.69, 9.17) is 0 Å². The topological polar surface area (TPSA) is 21.3 Å². The van der Waals surface area contributed by atoms with E-state index in [-0.39, 0.29) is 5.75 Å². The molecule has 0 atom stereocenters. The Hall–Kier alpha value is -1.49. The molecule has 0 saturated carbocycles. The van der Waals surface area contributed by atoms with Gasteiger partial charge in [0.15, 0.2) is 0 Å². The van der Waals surface area contributed by atoms with Crippen molar-refractivity contribution in [1.82, 2.24) is 5.32 Å². The Kier molecular flexibility index (Phi) is 6.42. The fraction of sp³-hybridized carbons (Fsp3) is 0.429. The lowest BCUT2D eigenvalue weighted by Gasteiger charge is -2.08. The van der Waals surface area contributed by atoms with Crippen LogP contribution in [0.1, 0.15) is 25.3 Å². The number of nitrogens with one attached hydrogen (secondary N) is 1. The summed E-state index contributed by atoms with van der Waals surface area (Å²) in [5, 5.41) is 3.24. The zero-order valence-corrected chi connectivity index (χ0v) is 10.8. The van der Waals surface area contributed by atoms with Gasteiger partial charge in [0.25, 0.3) is 0 Å². The van der Waals surface area contributed by atoms with Gasteiger partial charge in [0, 0.05) is 0 Å². The van der Waals surface area contributed by atoms with Crippen molar-refractivity contribution in [3.8, 4) is 5.75 Å². The third-order valence-corrected chi connectivity index (χ3v) is 2.32. The van der Waals surface area contributed by atoms with Crippen LogP contribution in [0.15, 0.2) is 30.3 Å². The molecule has 19 heavy (non-hydrogen) atoms. The van der Waals surface area contributed by atoms with Crippen molar-refractivity contribution in [3.05, 3.63) is 35.9 Å². The smallest absolute Gasteiger partial charge is 0.406 e. The highest BCUT2D eigenvalue weighted by atomic mass is 19.4. The Balaban J connectivity index is 2.45. The van der Waals surface area contributed by atoms with Crippen LogP contribution in [-0.2, 0) is 0 Å². The Morgan fingerprint density at radius 2 is 2.05 bits per heavy atom. The Bertz CT molecular complexity index is 402. The van der Waals surface area contributed by atoms with Gasteiger partial charge in [0.2, 0.25) is 0 Å². The van der Waals surface area contributed by atoms with E-state index in [1.807, 2.05) is 6.08 Å². The van der Waals surface area contributed by atoms with E-state index in [1.165, 1.54) is 18.2 Å². The zero-order chi connectivity index (χ0) is 14.1. The summed E-state index contributed by atoms with van der Waals surface area (Å²) < 4.78 is 40.0. The summed E-state index contributed by atoms with van der Waals surface area (Å²) in [6.45, 7) is 3.93. The molecule has 0 aliphatic carbocycles. The van der Waals surface area contributed by atoms with E-state index in [0.29, 0.717) is 5.56 Å². The maximum Gasteiger partial charge on any atom is 0.573 e. The molecule has 1 rings (SSSR count). The van der Waals surface area contributed by atoms with Crippen LogP contribution in [-0.4, -0.2) is 19.5 Å². The lowest BCUT2D eigenvalue weighted by Crippen LogP contribution is -2.17. The fourth-order valence-electron chi connectivity index (χ4n) is 1.52. The van der Waals surface area contributed by atoms with Crippen molar-refractivity contribution in [2.45, 2.75) is 26.1 Å². The molecule has 0 unspecified atom stereocenters. The summed E-state index contributed by atoms with van der Waals surface area (Å²) in [7, 11) is 0. The van der Waals surface area contributed by atoms with Gasteiger partial charge in [-0.3, -0.25) is 0 Å². The molecule has 2 nitrogen and oxygen atoms in total. The summed E-state index contributed by atoms with van der Waals surface area (Å²) in [6, 6.07) is 5.92. The maximum absolute atomic E-state index is 12.0. The first-order valence-corrected chi connectivity index (χ1v) is 6.24. The molecule has 0 radical (unpaired) electrons. The molecule has 5 heteroatoms. The summed E-state index contributed by atoms with van der Waals surface area (Å²) in [6.07, 6.45) is 0.990. The second kappa shape index (κ2) is 7.84. The van der Waals surface area contributed by atoms with Gasteiger partial charge < -0.3 is 10.1 Å². The van der Waals surface area contributed by atoms with Crippen molar-refractivity contribution < 1.29 is 17.9 Å². The standard InChI is InChI=1S/C14H18F3NO/c1-2-9-18-10-4-3-6-12-7-5-8-13(11-12)19-14(15,16)17/h3,5-8,11,18H,2,4,9-10H2,1H3. The maximum atomic E-state index is 12.0. The number of benzene rings is 1. The fourth-order valence-corrected chi connectivity index (χ4v) is 1.52. The van der Waals surface area contributed by atoms with Crippen LogP contribution in [0, 0.1) is 0 Å². The number of ether oxygens (including phenoxy) is 1. The lowest BCUT2D eigenvalue weighted by atomic mass is 10.2. The monoisotopic (exact) mass is 273 g/mol. The van der Waals surface area contributed by atoms with E-state index in [2.05, 4.69) is 17.0 Å². The molecule has 0 heterocycles. The normalized spacial score (nSPS) is 12.0. The minimum absolute atomic E-state index is 0.196. The lowest BCUT2D eigenvalue weighted by molar-refractivity contribution is -0.274. The van der Waals surface area contributed by atoms with Crippen molar-refractivity contribution in [2.24, 2.45) is 0 Å². The summed E-state index contributed by atoms with van der Waals surface area (Å²) in [5.74, 6) is -0.196. The van der Waals surface area contributed by atoms with Crippen molar-refractivity contribution in [2.75, 3.05) is 13.1 Å². The second-order valence-electron chi connectivity index (χ2n) is 4.06. The minimum Gasteiger partial charge on any atom is -0.406 e. The molecular formula is C14H18F3NO. The van der Waals surface area contributed by atoms with Gasteiger partial charge in [-0.15, -0.1) is 13.2 Å².